The summed E-state index contributed by atoms with van der Waals surface area (Å²) in [4.78, 5) is 4.74. The standard InChI is InChI=1S/C17H14BrN3/c1-11-7-8-21-15(9-11)20-16(17(21)12(2)10-19)13-3-5-14(18)6-4-13/h3-9,12H,1-2H3. The van der Waals surface area contributed by atoms with Crippen LogP contribution in [0.25, 0.3) is 16.9 Å². The molecule has 3 aromatic rings. The van der Waals surface area contributed by atoms with E-state index in [2.05, 4.69) is 22.0 Å². The average Bonchev–Trinajstić information content (AvgIpc) is 2.85. The Morgan fingerprint density at radius 3 is 2.62 bits per heavy atom. The van der Waals surface area contributed by atoms with Crippen LogP contribution < -0.4 is 0 Å². The molecule has 0 aliphatic rings. The number of aryl methyl sites for hydroxylation is 1. The maximum absolute atomic E-state index is 9.34. The fraction of sp³-hybridized carbons (Fsp3) is 0.176. The monoisotopic (exact) mass is 339 g/mol. The first-order chi connectivity index (χ1) is 10.1. The minimum absolute atomic E-state index is 0.221. The van der Waals surface area contributed by atoms with Gasteiger partial charge in [-0.25, -0.2) is 4.98 Å². The fourth-order valence-electron chi connectivity index (χ4n) is 2.46. The minimum Gasteiger partial charge on any atom is -0.302 e. The zero-order chi connectivity index (χ0) is 15.0. The second-order valence-corrected chi connectivity index (χ2v) is 6.05. The molecule has 0 amide bonds. The first kappa shape index (κ1) is 13.8. The molecule has 2 aromatic heterocycles. The molecule has 0 radical (unpaired) electrons. The van der Waals surface area contributed by atoms with Crippen LogP contribution in [0.3, 0.4) is 0 Å². The van der Waals surface area contributed by atoms with Gasteiger partial charge in [-0.2, -0.15) is 5.26 Å². The van der Waals surface area contributed by atoms with Crippen LogP contribution in [0.15, 0.2) is 47.1 Å². The molecule has 1 unspecified atom stereocenters. The Kier molecular flexibility index (Phi) is 3.52. The van der Waals surface area contributed by atoms with Crippen molar-refractivity contribution in [2.75, 3.05) is 0 Å². The van der Waals surface area contributed by atoms with Gasteiger partial charge in [0, 0.05) is 16.2 Å². The molecule has 0 aliphatic heterocycles. The highest BCUT2D eigenvalue weighted by molar-refractivity contribution is 9.10. The van der Waals surface area contributed by atoms with Gasteiger partial charge in [-0.3, -0.25) is 0 Å². The quantitative estimate of drug-likeness (QED) is 0.678. The molecule has 0 N–H and O–H groups in total. The number of hydrogen-bond acceptors (Lipinski definition) is 2. The first-order valence-electron chi connectivity index (χ1n) is 6.74. The number of aromatic nitrogens is 2. The van der Waals surface area contributed by atoms with Crippen molar-refractivity contribution in [1.29, 1.82) is 5.26 Å². The molecule has 3 rings (SSSR count). The molecule has 0 saturated heterocycles. The lowest BCUT2D eigenvalue weighted by Gasteiger charge is -2.07. The summed E-state index contributed by atoms with van der Waals surface area (Å²) < 4.78 is 3.04. The van der Waals surface area contributed by atoms with Crippen molar-refractivity contribution in [3.05, 3.63) is 58.3 Å². The van der Waals surface area contributed by atoms with Crippen molar-refractivity contribution in [2.45, 2.75) is 19.8 Å². The van der Waals surface area contributed by atoms with E-state index in [-0.39, 0.29) is 5.92 Å². The van der Waals surface area contributed by atoms with Crippen LogP contribution in [0.2, 0.25) is 0 Å². The van der Waals surface area contributed by atoms with E-state index >= 15 is 0 Å². The topological polar surface area (TPSA) is 41.1 Å². The second kappa shape index (κ2) is 5.34. The van der Waals surface area contributed by atoms with Crippen LogP contribution in [0.4, 0.5) is 0 Å². The van der Waals surface area contributed by atoms with Gasteiger partial charge in [0.1, 0.15) is 5.65 Å². The van der Waals surface area contributed by atoms with Crippen molar-refractivity contribution in [2.24, 2.45) is 0 Å². The van der Waals surface area contributed by atoms with Gasteiger partial charge in [0.2, 0.25) is 0 Å². The van der Waals surface area contributed by atoms with Crippen LogP contribution in [0, 0.1) is 18.3 Å². The largest absolute Gasteiger partial charge is 0.302 e. The van der Waals surface area contributed by atoms with E-state index in [9.17, 15) is 5.26 Å². The number of nitrogens with zero attached hydrogens (tertiary/aromatic N) is 3. The fourth-order valence-corrected chi connectivity index (χ4v) is 2.72. The first-order valence-corrected chi connectivity index (χ1v) is 7.53. The number of halogens is 1. The van der Waals surface area contributed by atoms with E-state index in [1.165, 1.54) is 0 Å². The number of benzene rings is 1. The van der Waals surface area contributed by atoms with Gasteiger partial charge in [-0.1, -0.05) is 28.1 Å². The van der Waals surface area contributed by atoms with E-state index in [0.29, 0.717) is 0 Å². The van der Waals surface area contributed by atoms with Gasteiger partial charge < -0.3 is 4.40 Å². The number of fused-ring (bicyclic) bond motifs is 1. The van der Waals surface area contributed by atoms with E-state index in [4.69, 9.17) is 4.98 Å². The summed E-state index contributed by atoms with van der Waals surface area (Å²) >= 11 is 3.45. The third-order valence-corrected chi connectivity index (χ3v) is 4.07. The maximum atomic E-state index is 9.34. The molecule has 0 fully saturated rings. The lowest BCUT2D eigenvalue weighted by molar-refractivity contribution is 0.899. The summed E-state index contributed by atoms with van der Waals surface area (Å²) in [6.07, 6.45) is 1.99. The summed E-state index contributed by atoms with van der Waals surface area (Å²) in [7, 11) is 0. The lowest BCUT2D eigenvalue weighted by Crippen LogP contribution is -1.98. The molecular formula is C17H14BrN3. The van der Waals surface area contributed by atoms with Gasteiger partial charge in [-0.05, 0) is 43.7 Å². The van der Waals surface area contributed by atoms with Crippen molar-refractivity contribution in [3.8, 4) is 17.3 Å². The summed E-state index contributed by atoms with van der Waals surface area (Å²) in [6.45, 7) is 3.95. The summed E-state index contributed by atoms with van der Waals surface area (Å²) in [6, 6.07) is 14.4. The number of hydrogen-bond donors (Lipinski definition) is 0. The molecule has 21 heavy (non-hydrogen) atoms. The number of nitriles is 1. The predicted octanol–water partition coefficient (Wildman–Crippen LogP) is 4.70. The highest BCUT2D eigenvalue weighted by Crippen LogP contribution is 2.30. The highest BCUT2D eigenvalue weighted by atomic mass is 79.9. The van der Waals surface area contributed by atoms with E-state index in [0.717, 1.165) is 32.6 Å². The molecule has 3 nitrogen and oxygen atoms in total. The van der Waals surface area contributed by atoms with Crippen LogP contribution in [-0.4, -0.2) is 9.38 Å². The van der Waals surface area contributed by atoms with Crippen LogP contribution in [0.1, 0.15) is 24.1 Å². The SMILES string of the molecule is Cc1ccn2c(C(C)C#N)c(-c3ccc(Br)cc3)nc2c1. The summed E-state index contributed by atoms with van der Waals surface area (Å²) in [5, 5.41) is 9.34. The van der Waals surface area contributed by atoms with E-state index in [1.54, 1.807) is 0 Å². The normalized spacial score (nSPS) is 12.3. The molecule has 0 aliphatic carbocycles. The minimum atomic E-state index is -0.221. The highest BCUT2D eigenvalue weighted by Gasteiger charge is 2.19. The van der Waals surface area contributed by atoms with Crippen molar-refractivity contribution in [1.82, 2.24) is 9.38 Å². The molecule has 1 aromatic carbocycles. The maximum Gasteiger partial charge on any atom is 0.137 e. The summed E-state index contributed by atoms with van der Waals surface area (Å²) in [5.41, 5.74) is 4.88. The average molecular weight is 340 g/mol. The molecule has 0 bridgehead atoms. The van der Waals surface area contributed by atoms with Gasteiger partial charge >= 0.3 is 0 Å². The predicted molar refractivity (Wildman–Crippen MR) is 87.1 cm³/mol. The third-order valence-electron chi connectivity index (χ3n) is 3.54. The smallest absolute Gasteiger partial charge is 0.137 e. The molecular weight excluding hydrogens is 326 g/mol. The van der Waals surface area contributed by atoms with Crippen LogP contribution in [0.5, 0.6) is 0 Å². The second-order valence-electron chi connectivity index (χ2n) is 5.14. The lowest BCUT2D eigenvalue weighted by atomic mass is 10.0. The Morgan fingerprint density at radius 1 is 1.24 bits per heavy atom. The van der Waals surface area contributed by atoms with Gasteiger partial charge in [0.25, 0.3) is 0 Å². The van der Waals surface area contributed by atoms with Crippen molar-refractivity contribution in [3.63, 3.8) is 0 Å². The Hall–Kier alpha value is -2.12. The Labute approximate surface area is 132 Å². The Bertz CT molecular complexity index is 841. The van der Waals surface area contributed by atoms with Gasteiger partial charge in [0.15, 0.2) is 0 Å². The Balaban J connectivity index is 2.30. The number of pyridine rings is 1. The summed E-state index contributed by atoms with van der Waals surface area (Å²) in [5.74, 6) is -0.221. The van der Waals surface area contributed by atoms with Crippen molar-refractivity contribution >= 4 is 21.6 Å². The molecule has 2 heterocycles. The van der Waals surface area contributed by atoms with Gasteiger partial charge in [-0.15, -0.1) is 0 Å². The Morgan fingerprint density at radius 2 is 1.95 bits per heavy atom. The zero-order valence-electron chi connectivity index (χ0n) is 11.8. The number of imidazole rings is 1. The molecule has 0 spiro atoms. The zero-order valence-corrected chi connectivity index (χ0v) is 13.4. The van der Waals surface area contributed by atoms with E-state index in [1.807, 2.05) is 60.8 Å². The molecule has 0 saturated carbocycles. The van der Waals surface area contributed by atoms with E-state index < -0.39 is 0 Å². The number of rotatable bonds is 2. The molecule has 104 valence electrons. The van der Waals surface area contributed by atoms with Crippen LogP contribution >= 0.6 is 15.9 Å². The van der Waals surface area contributed by atoms with Crippen molar-refractivity contribution < 1.29 is 0 Å². The van der Waals surface area contributed by atoms with Gasteiger partial charge in [0.05, 0.1) is 23.4 Å². The van der Waals surface area contributed by atoms with Crippen LogP contribution in [-0.2, 0) is 0 Å². The third kappa shape index (κ3) is 2.45. The molecule has 1 atom stereocenters. The molecule has 4 heteroatoms.